The lowest BCUT2D eigenvalue weighted by atomic mass is 9.78. The maximum Gasteiger partial charge on any atom is 0.0697 e. The molecule has 2 aliphatic rings. The maximum atomic E-state index is 10.1. The van der Waals surface area contributed by atoms with Gasteiger partial charge in [0.05, 0.1) is 16.3 Å². The molecule has 1 aliphatic carbocycles. The number of halogens is 1. The molecule has 16 heavy (non-hydrogen) atoms. The molecule has 1 heterocycles. The molecule has 3 atom stereocenters. The Morgan fingerprint density at radius 3 is 2.44 bits per heavy atom. The van der Waals surface area contributed by atoms with Gasteiger partial charge >= 0.3 is 0 Å². The van der Waals surface area contributed by atoms with Gasteiger partial charge in [0.25, 0.3) is 0 Å². The highest BCUT2D eigenvalue weighted by Gasteiger charge is 2.35. The van der Waals surface area contributed by atoms with Crippen LogP contribution in [0.1, 0.15) is 38.5 Å². The SMILES string of the molecule is COC1CCC(C2NC(I)CCC2O)CC1. The number of nitrogens with one attached hydrogen (secondary N) is 1. The molecule has 94 valence electrons. The molecule has 2 N–H and O–H groups in total. The van der Waals surface area contributed by atoms with E-state index in [9.17, 15) is 5.11 Å². The Balaban J connectivity index is 1.87. The summed E-state index contributed by atoms with van der Waals surface area (Å²) in [5.41, 5.74) is 0. The van der Waals surface area contributed by atoms with Gasteiger partial charge < -0.3 is 9.84 Å². The average molecular weight is 339 g/mol. The van der Waals surface area contributed by atoms with E-state index in [0.717, 1.165) is 25.7 Å². The molecule has 1 saturated heterocycles. The second-order valence-electron chi connectivity index (χ2n) is 5.08. The molecule has 1 aliphatic heterocycles. The molecular formula is C12H22INO2. The Morgan fingerprint density at radius 2 is 1.81 bits per heavy atom. The van der Waals surface area contributed by atoms with Crippen LogP contribution in [0.5, 0.6) is 0 Å². The Morgan fingerprint density at radius 1 is 1.12 bits per heavy atom. The van der Waals surface area contributed by atoms with Crippen LogP contribution < -0.4 is 5.32 Å². The zero-order valence-corrected chi connectivity index (χ0v) is 12.0. The normalized spacial score (nSPS) is 45.6. The van der Waals surface area contributed by atoms with E-state index in [0.29, 0.717) is 22.1 Å². The van der Waals surface area contributed by atoms with Crippen LogP contribution in [0.2, 0.25) is 0 Å². The van der Waals surface area contributed by atoms with Crippen molar-refractivity contribution in [2.45, 2.75) is 60.8 Å². The molecular weight excluding hydrogens is 317 g/mol. The number of hydrogen-bond donors (Lipinski definition) is 2. The van der Waals surface area contributed by atoms with Gasteiger partial charge in [-0.1, -0.05) is 22.6 Å². The fourth-order valence-electron chi connectivity index (χ4n) is 3.03. The summed E-state index contributed by atoms with van der Waals surface area (Å²) in [6.45, 7) is 0. The molecule has 3 nitrogen and oxygen atoms in total. The predicted molar refractivity (Wildman–Crippen MR) is 72.7 cm³/mol. The first kappa shape index (κ1) is 13.1. The predicted octanol–water partition coefficient (Wildman–Crippen LogP) is 2.07. The molecule has 0 radical (unpaired) electrons. The van der Waals surface area contributed by atoms with Crippen molar-refractivity contribution in [3.63, 3.8) is 0 Å². The monoisotopic (exact) mass is 339 g/mol. The van der Waals surface area contributed by atoms with Gasteiger partial charge in [-0.05, 0) is 44.4 Å². The maximum absolute atomic E-state index is 10.1. The number of aliphatic hydroxyl groups excluding tert-OH is 1. The zero-order valence-electron chi connectivity index (χ0n) is 9.86. The zero-order chi connectivity index (χ0) is 11.5. The number of ether oxygens (including phenoxy) is 1. The second-order valence-corrected chi connectivity index (χ2v) is 6.58. The van der Waals surface area contributed by atoms with Crippen molar-refractivity contribution in [1.29, 1.82) is 0 Å². The fraction of sp³-hybridized carbons (Fsp3) is 1.00. The molecule has 3 unspecified atom stereocenters. The van der Waals surface area contributed by atoms with Crippen molar-refractivity contribution < 1.29 is 9.84 Å². The summed E-state index contributed by atoms with van der Waals surface area (Å²) in [7, 11) is 1.81. The molecule has 0 spiro atoms. The summed E-state index contributed by atoms with van der Waals surface area (Å²) in [5.74, 6) is 0.638. The van der Waals surface area contributed by atoms with Gasteiger partial charge in [0.15, 0.2) is 0 Å². The van der Waals surface area contributed by atoms with E-state index in [1.807, 2.05) is 0 Å². The van der Waals surface area contributed by atoms with E-state index in [-0.39, 0.29) is 6.10 Å². The van der Waals surface area contributed by atoms with Gasteiger partial charge in [-0.25, -0.2) is 0 Å². The summed E-state index contributed by atoms with van der Waals surface area (Å²) >= 11 is 2.44. The molecule has 0 aromatic rings. The van der Waals surface area contributed by atoms with E-state index in [4.69, 9.17) is 4.74 Å². The summed E-state index contributed by atoms with van der Waals surface area (Å²) in [6.07, 6.45) is 7.03. The minimum absolute atomic E-state index is 0.143. The van der Waals surface area contributed by atoms with E-state index in [1.54, 1.807) is 7.11 Å². The number of rotatable bonds is 2. The molecule has 0 aromatic carbocycles. The van der Waals surface area contributed by atoms with Gasteiger partial charge in [-0.3, -0.25) is 5.32 Å². The lowest BCUT2D eigenvalue weighted by Gasteiger charge is -2.40. The summed E-state index contributed by atoms with van der Waals surface area (Å²) < 4.78 is 5.92. The van der Waals surface area contributed by atoms with Crippen LogP contribution in [0.15, 0.2) is 0 Å². The number of hydrogen-bond acceptors (Lipinski definition) is 3. The molecule has 0 amide bonds. The minimum Gasteiger partial charge on any atom is -0.391 e. The van der Waals surface area contributed by atoms with E-state index in [2.05, 4.69) is 27.9 Å². The molecule has 2 rings (SSSR count). The number of piperidine rings is 1. The highest BCUT2D eigenvalue weighted by molar-refractivity contribution is 14.1. The lowest BCUT2D eigenvalue weighted by Crippen LogP contribution is -2.53. The van der Waals surface area contributed by atoms with Crippen molar-refractivity contribution in [1.82, 2.24) is 5.32 Å². The van der Waals surface area contributed by atoms with E-state index < -0.39 is 0 Å². The van der Waals surface area contributed by atoms with Crippen LogP contribution in [0.25, 0.3) is 0 Å². The van der Waals surface area contributed by atoms with Crippen LogP contribution in [0.4, 0.5) is 0 Å². The Hall–Kier alpha value is 0.610. The largest absolute Gasteiger partial charge is 0.391 e. The van der Waals surface area contributed by atoms with Crippen LogP contribution in [0, 0.1) is 5.92 Å². The summed E-state index contributed by atoms with van der Waals surface area (Å²) in [5, 5.41) is 13.6. The van der Waals surface area contributed by atoms with Crippen LogP contribution >= 0.6 is 22.6 Å². The number of alkyl halides is 1. The second kappa shape index (κ2) is 5.98. The van der Waals surface area contributed by atoms with Gasteiger partial charge in [0.1, 0.15) is 0 Å². The molecule has 0 aromatic heterocycles. The van der Waals surface area contributed by atoms with Gasteiger partial charge in [-0.2, -0.15) is 0 Å². The molecule has 1 saturated carbocycles. The summed E-state index contributed by atoms with van der Waals surface area (Å²) in [4.78, 5) is 0. The first-order valence-electron chi connectivity index (χ1n) is 6.31. The third-order valence-corrected chi connectivity index (χ3v) is 5.05. The smallest absolute Gasteiger partial charge is 0.0697 e. The molecule has 0 bridgehead atoms. The molecule has 2 fully saturated rings. The van der Waals surface area contributed by atoms with Crippen LogP contribution in [-0.4, -0.2) is 34.5 Å². The van der Waals surface area contributed by atoms with Gasteiger partial charge in [0, 0.05) is 13.2 Å². The summed E-state index contributed by atoms with van der Waals surface area (Å²) in [6, 6.07) is 0.313. The highest BCUT2D eigenvalue weighted by Crippen LogP contribution is 2.32. The Bertz CT molecular complexity index is 219. The van der Waals surface area contributed by atoms with Crippen molar-refractivity contribution in [3.8, 4) is 0 Å². The van der Waals surface area contributed by atoms with Crippen LogP contribution in [0.3, 0.4) is 0 Å². The fourth-order valence-corrected chi connectivity index (χ4v) is 3.81. The Labute approximate surface area is 111 Å². The third kappa shape index (κ3) is 3.09. The Kier molecular flexibility index (Phi) is 4.88. The lowest BCUT2D eigenvalue weighted by molar-refractivity contribution is 0.0172. The first-order valence-corrected chi connectivity index (χ1v) is 7.56. The quantitative estimate of drug-likeness (QED) is 0.460. The first-order chi connectivity index (χ1) is 7.70. The van der Waals surface area contributed by atoms with Crippen LogP contribution in [-0.2, 0) is 4.74 Å². The van der Waals surface area contributed by atoms with Crippen molar-refractivity contribution >= 4 is 22.6 Å². The molecule has 4 heteroatoms. The van der Waals surface area contributed by atoms with Gasteiger partial charge in [-0.15, -0.1) is 0 Å². The van der Waals surface area contributed by atoms with Crippen molar-refractivity contribution in [3.05, 3.63) is 0 Å². The number of aliphatic hydroxyl groups is 1. The van der Waals surface area contributed by atoms with Crippen molar-refractivity contribution in [2.24, 2.45) is 5.92 Å². The average Bonchev–Trinajstić information content (AvgIpc) is 2.32. The number of methoxy groups -OCH3 is 1. The van der Waals surface area contributed by atoms with Crippen molar-refractivity contribution in [2.75, 3.05) is 7.11 Å². The van der Waals surface area contributed by atoms with Gasteiger partial charge in [0.2, 0.25) is 0 Å². The minimum atomic E-state index is -0.143. The highest BCUT2D eigenvalue weighted by atomic mass is 127. The standard InChI is InChI=1S/C12H22INO2/c1-16-9-4-2-8(3-5-9)12-10(15)6-7-11(13)14-12/h8-12,14-15H,2-7H2,1H3. The van der Waals surface area contributed by atoms with E-state index in [1.165, 1.54) is 12.8 Å². The van der Waals surface area contributed by atoms with E-state index >= 15 is 0 Å². The third-order valence-electron chi connectivity index (χ3n) is 4.06. The topological polar surface area (TPSA) is 41.5 Å².